The molecule has 3 rings (SSSR count). The minimum atomic E-state index is -0.221. The maximum atomic E-state index is 13.1. The highest BCUT2D eigenvalue weighted by Gasteiger charge is 2.29. The van der Waals surface area contributed by atoms with Crippen LogP contribution in [0, 0.1) is 5.82 Å². The third-order valence-corrected chi connectivity index (χ3v) is 4.31. The topological polar surface area (TPSA) is 12.0 Å². The van der Waals surface area contributed by atoms with Crippen LogP contribution in [0.3, 0.4) is 0 Å². The number of halogens is 2. The lowest BCUT2D eigenvalue weighted by Crippen LogP contribution is -2.33. The second-order valence-electron chi connectivity index (χ2n) is 5.05. The zero-order chi connectivity index (χ0) is 13.2. The molecule has 0 heterocycles. The van der Waals surface area contributed by atoms with Crippen molar-refractivity contribution >= 4 is 21.6 Å². The lowest BCUT2D eigenvalue weighted by atomic mass is 9.76. The number of nitrogens with one attached hydrogen (secondary N) is 1. The molecule has 0 unspecified atom stereocenters. The summed E-state index contributed by atoms with van der Waals surface area (Å²) < 4.78 is 13.7. The van der Waals surface area contributed by atoms with Crippen molar-refractivity contribution in [1.82, 2.24) is 0 Å². The molecule has 1 aliphatic carbocycles. The summed E-state index contributed by atoms with van der Waals surface area (Å²) in [6.45, 7) is 0. The molecule has 0 atom stereocenters. The summed E-state index contributed by atoms with van der Waals surface area (Å²) in [5.74, 6) is 0.434. The van der Waals surface area contributed by atoms with Crippen molar-refractivity contribution in [2.75, 3.05) is 5.32 Å². The molecule has 1 saturated carbocycles. The fourth-order valence-electron chi connectivity index (χ4n) is 2.55. The molecule has 2 aromatic rings. The normalized spacial score (nSPS) is 21.8. The molecule has 98 valence electrons. The Morgan fingerprint density at radius 1 is 1.05 bits per heavy atom. The monoisotopic (exact) mass is 319 g/mol. The Bertz CT molecular complexity index is 564. The van der Waals surface area contributed by atoms with Crippen molar-refractivity contribution in [2.45, 2.75) is 24.8 Å². The zero-order valence-corrected chi connectivity index (χ0v) is 12.0. The van der Waals surface area contributed by atoms with Gasteiger partial charge in [-0.3, -0.25) is 0 Å². The van der Waals surface area contributed by atoms with Crippen LogP contribution in [0.25, 0.3) is 0 Å². The van der Waals surface area contributed by atoms with Crippen molar-refractivity contribution in [2.24, 2.45) is 0 Å². The van der Waals surface area contributed by atoms with Gasteiger partial charge in [-0.2, -0.15) is 0 Å². The van der Waals surface area contributed by atoms with Crippen molar-refractivity contribution in [3.63, 3.8) is 0 Å². The Morgan fingerprint density at radius 2 is 1.79 bits per heavy atom. The summed E-state index contributed by atoms with van der Waals surface area (Å²) in [4.78, 5) is 0. The smallest absolute Gasteiger partial charge is 0.137 e. The van der Waals surface area contributed by atoms with Gasteiger partial charge in [-0.25, -0.2) is 4.39 Å². The SMILES string of the molecule is Fc1ccc(NC2CC(c3ccccc3)C2)cc1Br. The molecular weight excluding hydrogens is 305 g/mol. The van der Waals surface area contributed by atoms with E-state index in [9.17, 15) is 4.39 Å². The highest BCUT2D eigenvalue weighted by Crippen LogP contribution is 2.38. The Labute approximate surface area is 121 Å². The van der Waals surface area contributed by atoms with Gasteiger partial charge in [-0.1, -0.05) is 30.3 Å². The van der Waals surface area contributed by atoms with Gasteiger partial charge < -0.3 is 5.32 Å². The quantitative estimate of drug-likeness (QED) is 0.844. The molecule has 0 aromatic heterocycles. The van der Waals surface area contributed by atoms with Crippen LogP contribution in [-0.2, 0) is 0 Å². The van der Waals surface area contributed by atoms with Crippen LogP contribution < -0.4 is 5.32 Å². The number of benzene rings is 2. The Morgan fingerprint density at radius 3 is 2.47 bits per heavy atom. The van der Waals surface area contributed by atoms with E-state index in [1.165, 1.54) is 11.6 Å². The van der Waals surface area contributed by atoms with E-state index in [2.05, 4.69) is 45.5 Å². The first-order chi connectivity index (χ1) is 9.22. The molecule has 0 aliphatic heterocycles. The Hall–Kier alpha value is -1.35. The highest BCUT2D eigenvalue weighted by molar-refractivity contribution is 9.10. The molecular formula is C16H15BrFN. The summed E-state index contributed by atoms with van der Waals surface area (Å²) in [5.41, 5.74) is 2.39. The molecule has 1 nitrogen and oxygen atoms in total. The number of anilines is 1. The van der Waals surface area contributed by atoms with Gasteiger partial charge in [0.05, 0.1) is 4.47 Å². The van der Waals surface area contributed by atoms with E-state index >= 15 is 0 Å². The largest absolute Gasteiger partial charge is 0.382 e. The van der Waals surface area contributed by atoms with Gasteiger partial charge in [0.15, 0.2) is 0 Å². The zero-order valence-electron chi connectivity index (χ0n) is 10.4. The predicted molar refractivity (Wildman–Crippen MR) is 79.9 cm³/mol. The Balaban J connectivity index is 1.58. The maximum Gasteiger partial charge on any atom is 0.137 e. The first-order valence-electron chi connectivity index (χ1n) is 6.49. The summed E-state index contributed by atoms with van der Waals surface area (Å²) in [6.07, 6.45) is 2.28. The van der Waals surface area contributed by atoms with Crippen LogP contribution in [-0.4, -0.2) is 6.04 Å². The summed E-state index contributed by atoms with van der Waals surface area (Å²) in [6, 6.07) is 16.2. The maximum absolute atomic E-state index is 13.1. The fraction of sp³-hybridized carbons (Fsp3) is 0.250. The van der Waals surface area contributed by atoms with E-state index in [1.807, 2.05) is 6.07 Å². The number of hydrogen-bond acceptors (Lipinski definition) is 1. The number of hydrogen-bond donors (Lipinski definition) is 1. The molecule has 19 heavy (non-hydrogen) atoms. The lowest BCUT2D eigenvalue weighted by Gasteiger charge is -2.37. The van der Waals surface area contributed by atoms with E-state index in [4.69, 9.17) is 0 Å². The van der Waals surface area contributed by atoms with Gasteiger partial charge in [-0.15, -0.1) is 0 Å². The van der Waals surface area contributed by atoms with E-state index in [1.54, 1.807) is 12.1 Å². The van der Waals surface area contributed by atoms with Gasteiger partial charge in [-0.05, 0) is 58.5 Å². The predicted octanol–water partition coefficient (Wildman–Crippen LogP) is 4.95. The van der Waals surface area contributed by atoms with Crippen LogP contribution in [0.1, 0.15) is 24.3 Å². The van der Waals surface area contributed by atoms with Gasteiger partial charge in [0, 0.05) is 11.7 Å². The van der Waals surface area contributed by atoms with Crippen molar-refractivity contribution in [3.05, 3.63) is 64.4 Å². The summed E-state index contributed by atoms with van der Waals surface area (Å²) in [7, 11) is 0. The van der Waals surface area contributed by atoms with Gasteiger partial charge >= 0.3 is 0 Å². The minimum Gasteiger partial charge on any atom is -0.382 e. The van der Waals surface area contributed by atoms with E-state index < -0.39 is 0 Å². The van der Waals surface area contributed by atoms with Gasteiger partial charge in [0.1, 0.15) is 5.82 Å². The molecule has 2 aromatic carbocycles. The molecule has 0 radical (unpaired) electrons. The molecule has 0 saturated heterocycles. The van der Waals surface area contributed by atoms with Crippen LogP contribution in [0.15, 0.2) is 53.0 Å². The second-order valence-corrected chi connectivity index (χ2v) is 5.90. The first-order valence-corrected chi connectivity index (χ1v) is 7.28. The molecule has 0 bridgehead atoms. The van der Waals surface area contributed by atoms with E-state index in [0.717, 1.165) is 18.5 Å². The van der Waals surface area contributed by atoms with Crippen LogP contribution in [0.4, 0.5) is 10.1 Å². The van der Waals surface area contributed by atoms with Crippen molar-refractivity contribution in [3.8, 4) is 0 Å². The summed E-state index contributed by atoms with van der Waals surface area (Å²) >= 11 is 3.21. The molecule has 0 spiro atoms. The van der Waals surface area contributed by atoms with Gasteiger partial charge in [0.2, 0.25) is 0 Å². The van der Waals surface area contributed by atoms with Crippen molar-refractivity contribution < 1.29 is 4.39 Å². The minimum absolute atomic E-state index is 0.221. The fourth-order valence-corrected chi connectivity index (χ4v) is 2.93. The molecule has 1 N–H and O–H groups in total. The van der Waals surface area contributed by atoms with Crippen LogP contribution >= 0.6 is 15.9 Å². The number of rotatable bonds is 3. The average Bonchev–Trinajstić information content (AvgIpc) is 2.38. The Kier molecular flexibility index (Phi) is 3.56. The molecule has 0 amide bonds. The average molecular weight is 320 g/mol. The molecule has 1 fully saturated rings. The lowest BCUT2D eigenvalue weighted by molar-refractivity contribution is 0.374. The first kappa shape index (κ1) is 12.7. The van der Waals surface area contributed by atoms with E-state index in [-0.39, 0.29) is 5.82 Å². The highest BCUT2D eigenvalue weighted by atomic mass is 79.9. The van der Waals surface area contributed by atoms with E-state index in [0.29, 0.717) is 16.4 Å². The summed E-state index contributed by atoms with van der Waals surface area (Å²) in [5, 5.41) is 3.45. The van der Waals surface area contributed by atoms with Crippen LogP contribution in [0.5, 0.6) is 0 Å². The third-order valence-electron chi connectivity index (χ3n) is 3.70. The molecule has 3 heteroatoms. The molecule has 1 aliphatic rings. The standard InChI is InChI=1S/C16H15BrFN/c17-15-10-13(6-7-16(15)18)19-14-8-12(9-14)11-4-2-1-3-5-11/h1-7,10,12,14,19H,8-9H2. The van der Waals surface area contributed by atoms with Crippen molar-refractivity contribution in [1.29, 1.82) is 0 Å². The third kappa shape index (κ3) is 2.81. The second kappa shape index (κ2) is 5.33. The van der Waals surface area contributed by atoms with Gasteiger partial charge in [0.25, 0.3) is 0 Å². The van der Waals surface area contributed by atoms with Crippen LogP contribution in [0.2, 0.25) is 0 Å².